The molecule has 0 aromatic heterocycles. The van der Waals surface area contributed by atoms with Crippen LogP contribution in [-0.2, 0) is 9.84 Å². The summed E-state index contributed by atoms with van der Waals surface area (Å²) in [7, 11) is -3.67. The SMILES string of the molecule is C[C@](Br)(C(=O)c1ccccc1F)S(C)(=O)=O. The quantitative estimate of drug-likeness (QED) is 0.635. The Labute approximate surface area is 102 Å². The third-order valence-corrected chi connectivity index (χ3v) is 5.92. The van der Waals surface area contributed by atoms with Crippen molar-refractivity contribution in [3.63, 3.8) is 0 Å². The molecule has 1 aromatic rings. The molecule has 0 spiro atoms. The van der Waals surface area contributed by atoms with Crippen molar-refractivity contribution in [1.29, 1.82) is 0 Å². The van der Waals surface area contributed by atoms with Crippen molar-refractivity contribution < 1.29 is 17.6 Å². The molecule has 1 rings (SSSR count). The molecular formula is C10H10BrFO3S. The lowest BCUT2D eigenvalue weighted by molar-refractivity contribution is 0.0979. The molecule has 3 nitrogen and oxygen atoms in total. The number of Topliss-reactive ketones (excluding diaryl/α,β-unsaturated/α-hetero) is 1. The minimum atomic E-state index is -3.67. The van der Waals surface area contributed by atoms with Gasteiger partial charge in [0, 0.05) is 6.26 Å². The highest BCUT2D eigenvalue weighted by Crippen LogP contribution is 2.29. The molecule has 6 heteroatoms. The molecule has 0 N–H and O–H groups in total. The van der Waals surface area contributed by atoms with Gasteiger partial charge in [-0.05, 0) is 19.1 Å². The number of rotatable bonds is 3. The number of ketones is 1. The largest absolute Gasteiger partial charge is 0.291 e. The highest BCUT2D eigenvalue weighted by molar-refractivity contribution is 9.12. The minimum Gasteiger partial charge on any atom is -0.291 e. The summed E-state index contributed by atoms with van der Waals surface area (Å²) in [5.74, 6) is -1.55. The zero-order valence-electron chi connectivity index (χ0n) is 8.70. The van der Waals surface area contributed by atoms with E-state index in [0.29, 0.717) is 0 Å². The lowest BCUT2D eigenvalue weighted by Crippen LogP contribution is -2.37. The predicted molar refractivity (Wildman–Crippen MR) is 62.9 cm³/mol. The Morgan fingerprint density at radius 3 is 2.31 bits per heavy atom. The summed E-state index contributed by atoms with van der Waals surface area (Å²) < 4.78 is 34.3. The van der Waals surface area contributed by atoms with Gasteiger partial charge in [0.1, 0.15) is 5.82 Å². The van der Waals surface area contributed by atoms with Gasteiger partial charge in [0.05, 0.1) is 5.56 Å². The van der Waals surface area contributed by atoms with E-state index in [1.54, 1.807) is 0 Å². The number of carbonyl (C=O) groups is 1. The zero-order chi connectivity index (χ0) is 12.6. The second-order valence-corrected chi connectivity index (χ2v) is 7.97. The fourth-order valence-corrected chi connectivity index (χ4v) is 1.71. The number of hydrogen-bond donors (Lipinski definition) is 0. The maximum absolute atomic E-state index is 13.3. The van der Waals surface area contributed by atoms with E-state index in [2.05, 4.69) is 15.9 Å². The van der Waals surface area contributed by atoms with Gasteiger partial charge >= 0.3 is 0 Å². The molecule has 0 saturated heterocycles. The van der Waals surface area contributed by atoms with Crippen molar-refractivity contribution >= 4 is 31.6 Å². The fraction of sp³-hybridized carbons (Fsp3) is 0.300. The van der Waals surface area contributed by atoms with Crippen LogP contribution in [0.2, 0.25) is 0 Å². The maximum Gasteiger partial charge on any atom is 0.197 e. The van der Waals surface area contributed by atoms with Gasteiger partial charge in [0.25, 0.3) is 0 Å². The lowest BCUT2D eigenvalue weighted by atomic mass is 10.1. The van der Waals surface area contributed by atoms with Crippen molar-refractivity contribution in [2.24, 2.45) is 0 Å². The highest BCUT2D eigenvalue weighted by Gasteiger charge is 2.42. The molecule has 0 aliphatic heterocycles. The normalized spacial score (nSPS) is 15.5. The monoisotopic (exact) mass is 308 g/mol. The molecule has 0 radical (unpaired) electrons. The molecule has 16 heavy (non-hydrogen) atoms. The average Bonchev–Trinajstić information content (AvgIpc) is 2.15. The van der Waals surface area contributed by atoms with Crippen molar-refractivity contribution in [2.45, 2.75) is 10.6 Å². The molecule has 0 saturated carbocycles. The Balaban J connectivity index is 3.29. The van der Waals surface area contributed by atoms with Crippen molar-refractivity contribution in [1.82, 2.24) is 0 Å². The van der Waals surface area contributed by atoms with E-state index in [-0.39, 0.29) is 5.56 Å². The van der Waals surface area contributed by atoms with Crippen LogP contribution in [0, 0.1) is 5.82 Å². The van der Waals surface area contributed by atoms with Crippen LogP contribution in [0.15, 0.2) is 24.3 Å². The first-order chi connectivity index (χ1) is 7.18. The van der Waals surface area contributed by atoms with Gasteiger partial charge in [0.2, 0.25) is 0 Å². The molecule has 0 aliphatic carbocycles. The number of alkyl halides is 1. The van der Waals surface area contributed by atoms with E-state index in [4.69, 9.17) is 0 Å². The van der Waals surface area contributed by atoms with Gasteiger partial charge in [-0.3, -0.25) is 4.79 Å². The summed E-state index contributed by atoms with van der Waals surface area (Å²) in [6.45, 7) is 1.19. The van der Waals surface area contributed by atoms with Crippen molar-refractivity contribution in [3.8, 4) is 0 Å². The van der Waals surface area contributed by atoms with Gasteiger partial charge in [-0.2, -0.15) is 0 Å². The van der Waals surface area contributed by atoms with Crippen LogP contribution >= 0.6 is 15.9 Å². The third kappa shape index (κ3) is 2.32. The van der Waals surface area contributed by atoms with Crippen LogP contribution in [-0.4, -0.2) is 24.1 Å². The van der Waals surface area contributed by atoms with Gasteiger partial charge in [-0.25, -0.2) is 12.8 Å². The summed E-state index contributed by atoms with van der Waals surface area (Å²) in [4.78, 5) is 11.9. The molecule has 88 valence electrons. The van der Waals surface area contributed by atoms with Crippen LogP contribution in [0.25, 0.3) is 0 Å². The zero-order valence-corrected chi connectivity index (χ0v) is 11.1. The van der Waals surface area contributed by atoms with E-state index < -0.39 is 25.1 Å². The Morgan fingerprint density at radius 1 is 1.38 bits per heavy atom. The summed E-state index contributed by atoms with van der Waals surface area (Å²) in [5.41, 5.74) is -0.243. The smallest absolute Gasteiger partial charge is 0.197 e. The van der Waals surface area contributed by atoms with E-state index >= 15 is 0 Å². The second kappa shape index (κ2) is 4.25. The van der Waals surface area contributed by atoms with Crippen molar-refractivity contribution in [2.75, 3.05) is 6.26 Å². The van der Waals surface area contributed by atoms with Crippen LogP contribution in [0.5, 0.6) is 0 Å². The Kier molecular flexibility index (Phi) is 3.54. The molecule has 0 bridgehead atoms. The highest BCUT2D eigenvalue weighted by atomic mass is 79.9. The standard InChI is InChI=1S/C10H10BrFO3S/c1-10(11,16(2,14)15)9(13)7-5-3-4-6-8(7)12/h3-6H,1-2H3/t10-/m1/s1. The molecule has 1 aromatic carbocycles. The number of carbonyl (C=O) groups excluding carboxylic acids is 1. The van der Waals surface area contributed by atoms with Gasteiger partial charge in [-0.1, -0.05) is 28.1 Å². The fourth-order valence-electron chi connectivity index (χ4n) is 1.05. The molecule has 1 atom stereocenters. The Hall–Kier alpha value is -0.750. The second-order valence-electron chi connectivity index (χ2n) is 3.50. The topological polar surface area (TPSA) is 51.2 Å². The van der Waals surface area contributed by atoms with E-state index in [9.17, 15) is 17.6 Å². The first-order valence-corrected chi connectivity index (χ1v) is 7.04. The Bertz CT molecular complexity index is 523. The van der Waals surface area contributed by atoms with Crippen molar-refractivity contribution in [3.05, 3.63) is 35.6 Å². The third-order valence-electron chi connectivity index (χ3n) is 2.22. The first kappa shape index (κ1) is 13.3. The number of halogens is 2. The summed E-state index contributed by atoms with van der Waals surface area (Å²) in [6.07, 6.45) is 0.917. The van der Waals surface area contributed by atoms with E-state index in [1.165, 1.54) is 25.1 Å². The lowest BCUT2D eigenvalue weighted by Gasteiger charge is -2.18. The van der Waals surface area contributed by atoms with E-state index in [1.807, 2.05) is 0 Å². The summed E-state index contributed by atoms with van der Waals surface area (Å²) in [5, 5.41) is 0. The maximum atomic E-state index is 13.3. The van der Waals surface area contributed by atoms with Crippen LogP contribution in [0.3, 0.4) is 0 Å². The average molecular weight is 309 g/mol. The molecule has 0 heterocycles. The number of benzene rings is 1. The van der Waals surface area contributed by atoms with Gasteiger partial charge < -0.3 is 0 Å². The summed E-state index contributed by atoms with van der Waals surface area (Å²) in [6, 6.07) is 5.26. The number of hydrogen-bond acceptors (Lipinski definition) is 3. The molecule has 0 unspecified atom stereocenters. The van der Waals surface area contributed by atoms with Crippen LogP contribution in [0.4, 0.5) is 4.39 Å². The van der Waals surface area contributed by atoms with Crippen LogP contribution < -0.4 is 0 Å². The molecule has 0 aliphatic rings. The van der Waals surface area contributed by atoms with Crippen LogP contribution in [0.1, 0.15) is 17.3 Å². The number of sulfone groups is 1. The molecule has 0 fully saturated rings. The van der Waals surface area contributed by atoms with Gasteiger partial charge in [-0.15, -0.1) is 0 Å². The van der Waals surface area contributed by atoms with E-state index in [0.717, 1.165) is 12.3 Å². The minimum absolute atomic E-state index is 0.243. The molecule has 0 amide bonds. The predicted octanol–water partition coefficient (Wildman–Crippen LogP) is 2.16. The Morgan fingerprint density at radius 2 is 1.88 bits per heavy atom. The first-order valence-electron chi connectivity index (χ1n) is 4.36. The molecular weight excluding hydrogens is 299 g/mol. The van der Waals surface area contributed by atoms with Gasteiger partial charge in [0.15, 0.2) is 19.3 Å². The summed E-state index contributed by atoms with van der Waals surface area (Å²) >= 11 is 2.83.